The van der Waals surface area contributed by atoms with Crippen molar-refractivity contribution in [3.05, 3.63) is 35.7 Å². The lowest BCUT2D eigenvalue weighted by molar-refractivity contribution is -0.133. The summed E-state index contributed by atoms with van der Waals surface area (Å²) in [6.45, 7) is 6.23. The molecular formula is C15H19N3O3S. The molecule has 0 saturated heterocycles. The smallest absolute Gasteiger partial charge is 0.313 e. The van der Waals surface area contributed by atoms with Crippen LogP contribution in [0.2, 0.25) is 0 Å². The van der Waals surface area contributed by atoms with E-state index in [0.29, 0.717) is 17.6 Å². The zero-order valence-electron chi connectivity index (χ0n) is 12.8. The number of rotatable bonds is 7. The second kappa shape index (κ2) is 7.42. The summed E-state index contributed by atoms with van der Waals surface area (Å²) in [7, 11) is 0. The zero-order valence-corrected chi connectivity index (χ0v) is 13.6. The molecule has 0 aliphatic rings. The molecule has 0 amide bonds. The van der Waals surface area contributed by atoms with E-state index >= 15 is 0 Å². The predicted molar refractivity (Wildman–Crippen MR) is 84.4 cm³/mol. The summed E-state index contributed by atoms with van der Waals surface area (Å²) in [6, 6.07) is 7.84. The van der Waals surface area contributed by atoms with Crippen LogP contribution in [-0.4, -0.2) is 37.7 Å². The minimum Gasteiger partial charge on any atom is -0.481 e. The molecule has 1 heterocycles. The van der Waals surface area contributed by atoms with Gasteiger partial charge in [-0.1, -0.05) is 30.0 Å². The van der Waals surface area contributed by atoms with E-state index in [-0.39, 0.29) is 11.9 Å². The summed E-state index contributed by atoms with van der Waals surface area (Å²) < 4.78 is 7.49. The van der Waals surface area contributed by atoms with Gasteiger partial charge >= 0.3 is 5.97 Å². The van der Waals surface area contributed by atoms with E-state index in [4.69, 9.17) is 9.84 Å². The minimum absolute atomic E-state index is 0.0605. The number of carbonyl (C=O) groups is 1. The number of thioether (sulfide) groups is 1. The molecule has 0 aliphatic heterocycles. The predicted octanol–water partition coefficient (Wildman–Crippen LogP) is 2.68. The van der Waals surface area contributed by atoms with E-state index in [2.05, 4.69) is 10.2 Å². The topological polar surface area (TPSA) is 77.2 Å². The molecule has 0 saturated carbocycles. The van der Waals surface area contributed by atoms with Gasteiger partial charge < -0.3 is 9.84 Å². The maximum atomic E-state index is 10.8. The van der Waals surface area contributed by atoms with Crippen molar-refractivity contribution in [2.75, 3.05) is 5.75 Å². The second-order valence-corrected chi connectivity index (χ2v) is 6.01. The molecule has 2 aromatic rings. The molecule has 0 fully saturated rings. The third-order valence-electron chi connectivity index (χ3n) is 2.93. The number of aryl methyl sites for hydroxylation is 1. The molecule has 0 atom stereocenters. The maximum absolute atomic E-state index is 10.8. The Morgan fingerprint density at radius 2 is 2.09 bits per heavy atom. The van der Waals surface area contributed by atoms with Crippen LogP contribution in [0, 0.1) is 6.92 Å². The van der Waals surface area contributed by atoms with Crippen LogP contribution in [-0.2, 0) is 16.1 Å². The Morgan fingerprint density at radius 1 is 1.36 bits per heavy atom. The molecule has 2 rings (SSSR count). The quantitative estimate of drug-likeness (QED) is 0.790. The van der Waals surface area contributed by atoms with Crippen molar-refractivity contribution in [3.63, 3.8) is 0 Å². The number of ether oxygens (including phenoxy) is 1. The molecule has 7 heteroatoms. The summed E-state index contributed by atoms with van der Waals surface area (Å²) in [5.74, 6) is -0.282. The van der Waals surface area contributed by atoms with Gasteiger partial charge in [-0.2, -0.15) is 0 Å². The number of hydrogen-bond donors (Lipinski definition) is 1. The van der Waals surface area contributed by atoms with Gasteiger partial charge in [-0.25, -0.2) is 0 Å². The van der Waals surface area contributed by atoms with E-state index < -0.39 is 5.97 Å². The summed E-state index contributed by atoms with van der Waals surface area (Å²) in [5, 5.41) is 17.7. The lowest BCUT2D eigenvalue weighted by Crippen LogP contribution is -2.10. The highest BCUT2D eigenvalue weighted by Crippen LogP contribution is 2.24. The van der Waals surface area contributed by atoms with Crippen LogP contribution in [0.1, 0.15) is 25.2 Å². The first-order chi connectivity index (χ1) is 10.5. The third kappa shape index (κ3) is 4.08. The summed E-state index contributed by atoms with van der Waals surface area (Å²) in [5.41, 5.74) is 1.99. The molecule has 6 nitrogen and oxygen atoms in total. The number of carboxylic acids is 1. The van der Waals surface area contributed by atoms with E-state index in [1.165, 1.54) is 0 Å². The first-order valence-corrected chi connectivity index (χ1v) is 7.94. The molecule has 118 valence electrons. The number of aromatic nitrogens is 3. The van der Waals surface area contributed by atoms with E-state index in [1.54, 1.807) is 0 Å². The number of hydrogen-bond acceptors (Lipinski definition) is 5. The van der Waals surface area contributed by atoms with Crippen LogP contribution < -0.4 is 0 Å². The number of aliphatic carboxylic acids is 1. The summed E-state index contributed by atoms with van der Waals surface area (Å²) in [6.07, 6.45) is 0.0807. The Balaban J connectivity index is 2.39. The first kappa shape index (κ1) is 16.5. The van der Waals surface area contributed by atoms with E-state index in [1.807, 2.05) is 49.6 Å². The van der Waals surface area contributed by atoms with Crippen molar-refractivity contribution in [2.45, 2.75) is 38.6 Å². The van der Waals surface area contributed by atoms with Gasteiger partial charge in [0.2, 0.25) is 0 Å². The van der Waals surface area contributed by atoms with Gasteiger partial charge in [0, 0.05) is 0 Å². The molecular weight excluding hydrogens is 302 g/mol. The second-order valence-electron chi connectivity index (χ2n) is 5.06. The van der Waals surface area contributed by atoms with Crippen molar-refractivity contribution >= 4 is 17.7 Å². The largest absolute Gasteiger partial charge is 0.481 e. The molecule has 1 N–H and O–H groups in total. The number of para-hydroxylation sites is 1. The molecule has 0 aliphatic carbocycles. The summed E-state index contributed by atoms with van der Waals surface area (Å²) >= 11 is 1.15. The van der Waals surface area contributed by atoms with Crippen molar-refractivity contribution < 1.29 is 14.6 Å². The number of nitrogens with zero attached hydrogens (tertiary/aromatic N) is 3. The normalized spacial score (nSPS) is 11.1. The van der Waals surface area contributed by atoms with Crippen LogP contribution in [0.3, 0.4) is 0 Å². The highest BCUT2D eigenvalue weighted by Gasteiger charge is 2.17. The van der Waals surface area contributed by atoms with Crippen molar-refractivity contribution in [1.29, 1.82) is 0 Å². The molecule has 0 radical (unpaired) electrons. The molecule has 1 aromatic carbocycles. The van der Waals surface area contributed by atoms with Gasteiger partial charge in [0.15, 0.2) is 11.0 Å². The van der Waals surface area contributed by atoms with Gasteiger partial charge in [-0.05, 0) is 32.4 Å². The Kier molecular flexibility index (Phi) is 5.57. The SMILES string of the molecule is Cc1ccccc1-n1c(COC(C)C)nnc1SCC(=O)O. The minimum atomic E-state index is -0.885. The van der Waals surface area contributed by atoms with E-state index in [9.17, 15) is 4.79 Å². The Morgan fingerprint density at radius 3 is 2.73 bits per heavy atom. The fourth-order valence-electron chi connectivity index (χ4n) is 1.91. The van der Waals surface area contributed by atoms with Gasteiger partial charge in [0.25, 0.3) is 0 Å². The zero-order chi connectivity index (χ0) is 16.1. The van der Waals surface area contributed by atoms with Crippen LogP contribution in [0.4, 0.5) is 0 Å². The van der Waals surface area contributed by atoms with Crippen LogP contribution in [0.25, 0.3) is 5.69 Å². The maximum Gasteiger partial charge on any atom is 0.313 e. The highest BCUT2D eigenvalue weighted by atomic mass is 32.2. The van der Waals surface area contributed by atoms with Crippen molar-refractivity contribution in [3.8, 4) is 5.69 Å². The number of benzene rings is 1. The summed E-state index contributed by atoms with van der Waals surface area (Å²) in [4.78, 5) is 10.8. The van der Waals surface area contributed by atoms with Gasteiger partial charge in [-0.15, -0.1) is 10.2 Å². The first-order valence-electron chi connectivity index (χ1n) is 6.95. The molecule has 1 aromatic heterocycles. The van der Waals surface area contributed by atoms with Crippen molar-refractivity contribution in [1.82, 2.24) is 14.8 Å². The third-order valence-corrected chi connectivity index (χ3v) is 3.84. The average molecular weight is 321 g/mol. The molecule has 0 spiro atoms. The standard InChI is InChI=1S/C15H19N3O3S/c1-10(2)21-8-13-16-17-15(22-9-14(19)20)18(13)12-7-5-4-6-11(12)3/h4-7,10H,8-9H2,1-3H3,(H,19,20). The Hall–Kier alpha value is -1.86. The molecule has 0 bridgehead atoms. The highest BCUT2D eigenvalue weighted by molar-refractivity contribution is 7.99. The number of carboxylic acid groups (broad SMARTS) is 1. The lowest BCUT2D eigenvalue weighted by atomic mass is 10.2. The van der Waals surface area contributed by atoms with Crippen molar-refractivity contribution in [2.24, 2.45) is 0 Å². The van der Waals surface area contributed by atoms with Gasteiger partial charge in [-0.3, -0.25) is 9.36 Å². The monoisotopic (exact) mass is 321 g/mol. The van der Waals surface area contributed by atoms with Crippen LogP contribution in [0.5, 0.6) is 0 Å². The molecule has 0 unspecified atom stereocenters. The van der Waals surface area contributed by atoms with Crippen LogP contribution >= 0.6 is 11.8 Å². The van der Waals surface area contributed by atoms with Gasteiger partial charge in [0.05, 0.1) is 17.5 Å². The average Bonchev–Trinajstić information content (AvgIpc) is 2.86. The fourth-order valence-corrected chi connectivity index (χ4v) is 2.60. The van der Waals surface area contributed by atoms with E-state index in [0.717, 1.165) is 23.0 Å². The lowest BCUT2D eigenvalue weighted by Gasteiger charge is -2.13. The van der Waals surface area contributed by atoms with Crippen LogP contribution in [0.15, 0.2) is 29.4 Å². The fraction of sp³-hybridized carbons (Fsp3) is 0.400. The Labute approximate surface area is 133 Å². The molecule has 22 heavy (non-hydrogen) atoms. The van der Waals surface area contributed by atoms with Gasteiger partial charge in [0.1, 0.15) is 6.61 Å². The Bertz CT molecular complexity index is 655.